The molecule has 3 heteroatoms. The molecule has 0 aliphatic carbocycles. The second kappa shape index (κ2) is 8.54. The lowest BCUT2D eigenvalue weighted by Crippen LogP contribution is -2.21. The molecule has 0 amide bonds. The first-order valence-corrected chi connectivity index (χ1v) is 8.22. The van der Waals surface area contributed by atoms with Gasteiger partial charge in [0.05, 0.1) is 6.61 Å². The molecule has 0 spiro atoms. The number of hydrogen-bond donors (Lipinski definition) is 1. The highest BCUT2D eigenvalue weighted by Gasteiger charge is 2.02. The Bertz CT molecular complexity index is 590. The van der Waals surface area contributed by atoms with Crippen molar-refractivity contribution in [2.75, 3.05) is 6.61 Å². The molecule has 0 fully saturated rings. The van der Waals surface area contributed by atoms with Crippen molar-refractivity contribution in [1.82, 2.24) is 5.32 Å². The molecule has 0 aliphatic heterocycles. The minimum atomic E-state index is 0.746. The van der Waals surface area contributed by atoms with Crippen LogP contribution >= 0.6 is 12.2 Å². The number of benzene rings is 2. The second-order valence-corrected chi connectivity index (χ2v) is 5.63. The van der Waals surface area contributed by atoms with Crippen LogP contribution in [-0.4, -0.2) is 11.6 Å². The largest absolute Gasteiger partial charge is 0.494 e. The van der Waals surface area contributed by atoms with Crippen molar-refractivity contribution >= 4 is 17.2 Å². The van der Waals surface area contributed by atoms with Crippen LogP contribution in [0.25, 0.3) is 0 Å². The zero-order chi connectivity index (χ0) is 15.8. The lowest BCUT2D eigenvalue weighted by molar-refractivity contribution is 0.317. The maximum atomic E-state index is 5.58. The number of rotatable bonds is 7. The quantitative estimate of drug-likeness (QED) is 0.760. The lowest BCUT2D eigenvalue weighted by atomic mass is 10.1. The number of aryl methyl sites for hydroxylation is 1. The fraction of sp³-hybridized carbons (Fsp3) is 0.316. The molecule has 2 nitrogen and oxygen atoms in total. The molecule has 0 atom stereocenters. The van der Waals surface area contributed by atoms with E-state index in [-0.39, 0.29) is 0 Å². The van der Waals surface area contributed by atoms with Crippen LogP contribution in [0.4, 0.5) is 0 Å². The van der Waals surface area contributed by atoms with E-state index in [0.29, 0.717) is 0 Å². The molecule has 0 saturated carbocycles. The Balaban J connectivity index is 1.88. The Morgan fingerprint density at radius 2 is 1.59 bits per heavy atom. The van der Waals surface area contributed by atoms with E-state index >= 15 is 0 Å². The first-order valence-electron chi connectivity index (χ1n) is 7.81. The van der Waals surface area contributed by atoms with Gasteiger partial charge in [-0.1, -0.05) is 50.3 Å². The predicted octanol–water partition coefficient (Wildman–Crippen LogP) is 4.50. The summed E-state index contributed by atoms with van der Waals surface area (Å²) in [6.45, 7) is 5.75. The van der Waals surface area contributed by atoms with Gasteiger partial charge < -0.3 is 10.1 Å². The average Bonchev–Trinajstić information content (AvgIpc) is 2.58. The highest BCUT2D eigenvalue weighted by molar-refractivity contribution is 7.80. The van der Waals surface area contributed by atoms with E-state index in [0.717, 1.165) is 42.3 Å². The van der Waals surface area contributed by atoms with Gasteiger partial charge in [-0.3, -0.25) is 0 Å². The van der Waals surface area contributed by atoms with Gasteiger partial charge in [-0.15, -0.1) is 0 Å². The van der Waals surface area contributed by atoms with Gasteiger partial charge in [-0.25, -0.2) is 0 Å². The third-order valence-corrected chi connectivity index (χ3v) is 3.85. The molecule has 0 unspecified atom stereocenters. The Morgan fingerprint density at radius 1 is 0.955 bits per heavy atom. The minimum Gasteiger partial charge on any atom is -0.494 e. The lowest BCUT2D eigenvalue weighted by Gasteiger charge is -2.10. The van der Waals surface area contributed by atoms with E-state index in [9.17, 15) is 0 Å². The van der Waals surface area contributed by atoms with Crippen LogP contribution in [0, 0.1) is 0 Å². The number of hydrogen-bond acceptors (Lipinski definition) is 2. The van der Waals surface area contributed by atoms with Crippen molar-refractivity contribution in [1.29, 1.82) is 0 Å². The smallest absolute Gasteiger partial charge is 0.119 e. The summed E-state index contributed by atoms with van der Waals surface area (Å²) < 4.78 is 5.58. The zero-order valence-corrected chi connectivity index (χ0v) is 14.1. The van der Waals surface area contributed by atoms with Crippen LogP contribution in [0.2, 0.25) is 0 Å². The van der Waals surface area contributed by atoms with Crippen molar-refractivity contribution in [3.8, 4) is 5.75 Å². The van der Waals surface area contributed by atoms with E-state index < -0.39 is 0 Å². The fourth-order valence-electron chi connectivity index (χ4n) is 2.10. The molecule has 22 heavy (non-hydrogen) atoms. The number of nitrogens with one attached hydrogen (secondary N) is 1. The maximum absolute atomic E-state index is 5.58. The molecule has 0 aromatic heterocycles. The van der Waals surface area contributed by atoms with Gasteiger partial charge in [-0.2, -0.15) is 0 Å². The van der Waals surface area contributed by atoms with Crippen molar-refractivity contribution in [3.63, 3.8) is 0 Å². The molecule has 0 aliphatic rings. The molecule has 0 radical (unpaired) electrons. The third kappa shape index (κ3) is 4.85. The van der Waals surface area contributed by atoms with Gasteiger partial charge in [0.2, 0.25) is 0 Å². The molecule has 1 N–H and O–H groups in total. The second-order valence-electron chi connectivity index (χ2n) is 5.23. The van der Waals surface area contributed by atoms with E-state index in [2.05, 4.69) is 43.4 Å². The molecular weight excluding hydrogens is 290 g/mol. The van der Waals surface area contributed by atoms with E-state index in [1.165, 1.54) is 11.1 Å². The van der Waals surface area contributed by atoms with Gasteiger partial charge in [0.25, 0.3) is 0 Å². The zero-order valence-electron chi connectivity index (χ0n) is 13.3. The normalized spacial score (nSPS) is 10.3. The maximum Gasteiger partial charge on any atom is 0.119 e. The van der Waals surface area contributed by atoms with Gasteiger partial charge >= 0.3 is 0 Å². The molecular formula is C19H23NOS. The summed E-state index contributed by atoms with van der Waals surface area (Å²) in [4.78, 5) is 0.765. The van der Waals surface area contributed by atoms with Gasteiger partial charge in [0.15, 0.2) is 0 Å². The molecule has 116 valence electrons. The van der Waals surface area contributed by atoms with Crippen LogP contribution in [0.15, 0.2) is 48.5 Å². The van der Waals surface area contributed by atoms with Gasteiger partial charge in [0, 0.05) is 12.1 Å². The Labute approximate surface area is 138 Å². The van der Waals surface area contributed by atoms with Crippen LogP contribution < -0.4 is 10.1 Å². The van der Waals surface area contributed by atoms with Crippen LogP contribution in [0.5, 0.6) is 5.75 Å². The standard InChI is InChI=1S/C19H23NOS/c1-3-13-21-18-11-9-17(10-12-18)19(22)20-14-16-7-5-15(4-2)6-8-16/h5-12H,3-4,13-14H2,1-2H3,(H,20,22). The van der Waals surface area contributed by atoms with Crippen LogP contribution in [-0.2, 0) is 13.0 Å². The summed E-state index contributed by atoms with van der Waals surface area (Å²) in [5, 5.41) is 3.31. The van der Waals surface area contributed by atoms with Gasteiger partial charge in [0.1, 0.15) is 10.7 Å². The van der Waals surface area contributed by atoms with E-state index in [4.69, 9.17) is 17.0 Å². The molecule has 2 aromatic rings. The molecule has 0 heterocycles. The minimum absolute atomic E-state index is 0.746. The highest BCUT2D eigenvalue weighted by atomic mass is 32.1. The third-order valence-electron chi connectivity index (χ3n) is 3.47. The first-order chi connectivity index (χ1) is 10.7. The first kappa shape index (κ1) is 16.5. The van der Waals surface area contributed by atoms with E-state index in [1.807, 2.05) is 24.3 Å². The van der Waals surface area contributed by atoms with Crippen LogP contribution in [0.3, 0.4) is 0 Å². The Morgan fingerprint density at radius 3 is 2.18 bits per heavy atom. The van der Waals surface area contributed by atoms with Crippen molar-refractivity contribution in [2.45, 2.75) is 33.2 Å². The molecule has 0 saturated heterocycles. The summed E-state index contributed by atoms with van der Waals surface area (Å²) in [6, 6.07) is 16.6. The SMILES string of the molecule is CCCOc1ccc(C(=S)NCc2ccc(CC)cc2)cc1. The Hall–Kier alpha value is -1.87. The monoisotopic (exact) mass is 313 g/mol. The summed E-state index contributed by atoms with van der Waals surface area (Å²) in [5.74, 6) is 0.892. The summed E-state index contributed by atoms with van der Waals surface area (Å²) in [6.07, 6.45) is 2.08. The molecule has 2 rings (SSSR count). The predicted molar refractivity (Wildman–Crippen MR) is 96.6 cm³/mol. The highest BCUT2D eigenvalue weighted by Crippen LogP contribution is 2.13. The summed E-state index contributed by atoms with van der Waals surface area (Å²) >= 11 is 5.45. The van der Waals surface area contributed by atoms with Crippen molar-refractivity contribution in [3.05, 3.63) is 65.2 Å². The number of ether oxygens (including phenoxy) is 1. The molecule has 0 bridgehead atoms. The van der Waals surface area contributed by atoms with Crippen molar-refractivity contribution < 1.29 is 4.74 Å². The average molecular weight is 313 g/mol. The van der Waals surface area contributed by atoms with Crippen LogP contribution in [0.1, 0.15) is 37.0 Å². The van der Waals surface area contributed by atoms with Gasteiger partial charge in [-0.05, 0) is 48.2 Å². The number of thiocarbonyl (C=S) groups is 1. The van der Waals surface area contributed by atoms with E-state index in [1.54, 1.807) is 0 Å². The van der Waals surface area contributed by atoms with Crippen molar-refractivity contribution in [2.24, 2.45) is 0 Å². The molecule has 2 aromatic carbocycles. The Kier molecular flexibility index (Phi) is 6.41. The summed E-state index contributed by atoms with van der Waals surface area (Å²) in [7, 11) is 0. The summed E-state index contributed by atoms with van der Waals surface area (Å²) in [5.41, 5.74) is 3.61. The topological polar surface area (TPSA) is 21.3 Å². The fourth-order valence-corrected chi connectivity index (χ4v) is 2.31.